The number of aliphatic hydroxyl groups is 1. The summed E-state index contributed by atoms with van der Waals surface area (Å²) in [6.45, 7) is 1.48. The third-order valence-corrected chi connectivity index (χ3v) is 3.26. The Morgan fingerprint density at radius 3 is 2.37 bits per heavy atom. The van der Waals surface area contributed by atoms with Crippen LogP contribution in [0, 0.1) is 5.92 Å². The van der Waals surface area contributed by atoms with Crippen molar-refractivity contribution in [2.75, 3.05) is 0 Å². The number of benzene rings is 1. The van der Waals surface area contributed by atoms with E-state index in [2.05, 4.69) is 0 Å². The average molecular weight is 290 g/mol. The summed E-state index contributed by atoms with van der Waals surface area (Å²) >= 11 is 0.480. The highest BCUT2D eigenvalue weighted by atomic mass is 32.2. The lowest BCUT2D eigenvalue weighted by molar-refractivity contribution is -0.191. The highest BCUT2D eigenvalue weighted by Gasteiger charge is 2.48. The van der Waals surface area contributed by atoms with E-state index in [4.69, 9.17) is 0 Å². The summed E-state index contributed by atoms with van der Waals surface area (Å²) in [4.78, 5) is 12.1. The molecule has 0 aromatic heterocycles. The van der Waals surface area contributed by atoms with Gasteiger partial charge in [-0.1, -0.05) is 42.1 Å². The minimum atomic E-state index is -4.78. The third kappa shape index (κ3) is 4.72. The maximum Gasteiger partial charge on any atom is 0.402 e. The molecule has 0 aliphatic heterocycles. The second-order valence-electron chi connectivity index (χ2n) is 3.77. The van der Waals surface area contributed by atoms with Gasteiger partial charge in [0.15, 0.2) is 5.92 Å². The molecule has 0 aliphatic rings. The minimum Gasteiger partial charge on any atom is -0.388 e. The second-order valence-corrected chi connectivity index (χ2v) is 4.85. The van der Waals surface area contributed by atoms with Crippen LogP contribution in [0.4, 0.5) is 13.2 Å². The Morgan fingerprint density at radius 1 is 1.32 bits per heavy atom. The molecule has 0 aliphatic carbocycles. The van der Waals surface area contributed by atoms with Crippen LogP contribution in [0.1, 0.15) is 6.92 Å². The van der Waals surface area contributed by atoms with Gasteiger partial charge in [-0.05, 0) is 19.1 Å². The molecule has 0 fully saturated rings. The van der Waals surface area contributed by atoms with E-state index in [-0.39, 0.29) is 0 Å². The van der Waals surface area contributed by atoms with Crippen molar-refractivity contribution in [2.45, 2.75) is 24.1 Å². The zero-order valence-electron chi connectivity index (χ0n) is 10.1. The van der Waals surface area contributed by atoms with Gasteiger partial charge in [0.2, 0.25) is 5.12 Å². The highest BCUT2D eigenvalue weighted by Crippen LogP contribution is 2.35. The Hall–Kier alpha value is -1.27. The lowest BCUT2D eigenvalue weighted by Crippen LogP contribution is -2.38. The number of carbonyl (C=O) groups is 1. The Kier molecular flexibility index (Phi) is 5.62. The number of rotatable bonds is 4. The standard InChI is InChI=1S/C13H13F3O2S/c1-2-6-10(17)11(13(14,15)16)12(18)19-9-7-4-3-5-8-9/h2-8,10-11,17H,1H3/b6-2+/t10-,11-/m1/s1. The van der Waals surface area contributed by atoms with Gasteiger partial charge in [-0.15, -0.1) is 0 Å². The number of aliphatic hydroxyl groups excluding tert-OH is 1. The molecule has 0 radical (unpaired) electrons. The van der Waals surface area contributed by atoms with Crippen LogP contribution in [-0.4, -0.2) is 22.5 Å². The summed E-state index contributed by atoms with van der Waals surface area (Å²) in [6, 6.07) is 8.03. The molecule has 0 amide bonds. The number of alkyl halides is 3. The van der Waals surface area contributed by atoms with E-state index in [9.17, 15) is 23.1 Å². The van der Waals surface area contributed by atoms with Crippen molar-refractivity contribution in [3.63, 3.8) is 0 Å². The van der Waals surface area contributed by atoms with E-state index in [1.54, 1.807) is 18.2 Å². The van der Waals surface area contributed by atoms with Crippen molar-refractivity contribution in [1.29, 1.82) is 0 Å². The van der Waals surface area contributed by atoms with E-state index in [1.165, 1.54) is 25.1 Å². The number of allylic oxidation sites excluding steroid dienone is 1. The fraction of sp³-hybridized carbons (Fsp3) is 0.308. The van der Waals surface area contributed by atoms with Crippen molar-refractivity contribution in [3.8, 4) is 0 Å². The number of carbonyl (C=O) groups excluding carboxylic acids is 1. The number of halogens is 3. The van der Waals surface area contributed by atoms with Crippen molar-refractivity contribution in [3.05, 3.63) is 42.5 Å². The highest BCUT2D eigenvalue weighted by molar-refractivity contribution is 8.13. The normalized spacial score (nSPS) is 15.4. The maximum absolute atomic E-state index is 12.8. The summed E-state index contributed by atoms with van der Waals surface area (Å²) < 4.78 is 38.5. The summed E-state index contributed by atoms with van der Waals surface area (Å²) in [5.74, 6) is -2.42. The SMILES string of the molecule is C/C=C/[C@@H](O)[C@H](C(=O)Sc1ccccc1)C(F)(F)F. The monoisotopic (exact) mass is 290 g/mol. The first-order valence-corrected chi connectivity index (χ1v) is 6.32. The lowest BCUT2D eigenvalue weighted by atomic mass is 10.0. The predicted octanol–water partition coefficient (Wildman–Crippen LogP) is 3.42. The first-order valence-electron chi connectivity index (χ1n) is 5.50. The zero-order valence-corrected chi connectivity index (χ0v) is 10.9. The second kappa shape index (κ2) is 6.77. The van der Waals surface area contributed by atoms with Crippen molar-refractivity contribution in [2.24, 2.45) is 5.92 Å². The van der Waals surface area contributed by atoms with Crippen molar-refractivity contribution in [1.82, 2.24) is 0 Å². The van der Waals surface area contributed by atoms with Crippen LogP contribution in [0.25, 0.3) is 0 Å². The molecule has 0 saturated carbocycles. The summed E-state index contributed by atoms with van der Waals surface area (Å²) in [5, 5.41) is 8.33. The molecule has 0 bridgehead atoms. The number of thioether (sulfide) groups is 1. The van der Waals surface area contributed by atoms with Crippen LogP contribution in [0.2, 0.25) is 0 Å². The molecular weight excluding hydrogens is 277 g/mol. The van der Waals surface area contributed by atoms with E-state index in [1.807, 2.05) is 0 Å². The fourth-order valence-corrected chi connectivity index (χ4v) is 2.37. The first-order chi connectivity index (χ1) is 8.86. The molecule has 1 rings (SSSR count). The van der Waals surface area contributed by atoms with E-state index in [0.29, 0.717) is 16.7 Å². The van der Waals surface area contributed by atoms with Crippen LogP contribution in [0.15, 0.2) is 47.4 Å². The first kappa shape index (κ1) is 15.8. The Balaban J connectivity index is 2.90. The molecule has 2 atom stereocenters. The summed E-state index contributed by atoms with van der Waals surface area (Å²) in [5.41, 5.74) is 0. The Bertz CT molecular complexity index is 443. The van der Waals surface area contributed by atoms with Gasteiger partial charge in [-0.3, -0.25) is 4.79 Å². The van der Waals surface area contributed by atoms with Crippen LogP contribution < -0.4 is 0 Å². The van der Waals surface area contributed by atoms with Crippen LogP contribution >= 0.6 is 11.8 Å². The molecular formula is C13H13F3O2S. The van der Waals surface area contributed by atoms with Gasteiger partial charge in [-0.25, -0.2) is 0 Å². The van der Waals surface area contributed by atoms with Gasteiger partial charge in [0, 0.05) is 4.90 Å². The molecule has 6 heteroatoms. The molecule has 0 unspecified atom stereocenters. The van der Waals surface area contributed by atoms with E-state index < -0.39 is 23.3 Å². The smallest absolute Gasteiger partial charge is 0.388 e. The predicted molar refractivity (Wildman–Crippen MR) is 67.7 cm³/mol. The number of hydrogen-bond acceptors (Lipinski definition) is 3. The molecule has 1 aromatic carbocycles. The molecule has 0 saturated heterocycles. The molecule has 104 valence electrons. The average Bonchev–Trinajstić information content (AvgIpc) is 2.28. The summed E-state index contributed by atoms with van der Waals surface area (Å²) in [6.07, 6.45) is -4.41. The molecule has 0 spiro atoms. The Morgan fingerprint density at radius 2 is 1.89 bits per heavy atom. The molecule has 2 nitrogen and oxygen atoms in total. The minimum absolute atomic E-state index is 0.412. The summed E-state index contributed by atoms with van der Waals surface area (Å²) in [7, 11) is 0. The zero-order chi connectivity index (χ0) is 14.5. The fourth-order valence-electron chi connectivity index (χ4n) is 1.44. The van der Waals surface area contributed by atoms with Crippen LogP contribution in [0.3, 0.4) is 0 Å². The number of hydrogen-bond donors (Lipinski definition) is 1. The Labute approximate surface area is 113 Å². The lowest BCUT2D eigenvalue weighted by Gasteiger charge is -2.21. The third-order valence-electron chi connectivity index (χ3n) is 2.30. The van der Waals surface area contributed by atoms with E-state index >= 15 is 0 Å². The van der Waals surface area contributed by atoms with Crippen molar-refractivity contribution >= 4 is 16.9 Å². The topological polar surface area (TPSA) is 37.3 Å². The quantitative estimate of drug-likeness (QED) is 0.682. The van der Waals surface area contributed by atoms with Gasteiger partial charge in [-0.2, -0.15) is 13.2 Å². The van der Waals surface area contributed by atoms with Gasteiger partial charge >= 0.3 is 6.18 Å². The van der Waals surface area contributed by atoms with Crippen LogP contribution in [0.5, 0.6) is 0 Å². The largest absolute Gasteiger partial charge is 0.402 e. The van der Waals surface area contributed by atoms with Gasteiger partial charge in [0.05, 0.1) is 6.10 Å². The van der Waals surface area contributed by atoms with Crippen LogP contribution in [-0.2, 0) is 4.79 Å². The van der Waals surface area contributed by atoms with E-state index in [0.717, 1.165) is 6.08 Å². The molecule has 1 aromatic rings. The molecule has 19 heavy (non-hydrogen) atoms. The molecule has 1 N–H and O–H groups in total. The van der Waals surface area contributed by atoms with Gasteiger partial charge in [0.1, 0.15) is 0 Å². The van der Waals surface area contributed by atoms with Gasteiger partial charge < -0.3 is 5.11 Å². The van der Waals surface area contributed by atoms with Crippen molar-refractivity contribution < 1.29 is 23.1 Å². The maximum atomic E-state index is 12.8. The molecule has 0 heterocycles. The van der Waals surface area contributed by atoms with Gasteiger partial charge in [0.25, 0.3) is 0 Å².